The minimum absolute atomic E-state index is 0.320. The smallest absolute Gasteiger partial charge is 0.314 e. The number of piperidine rings is 1. The SMILES string of the molecule is NC(=O)N1CCC(NCc2ccccc2Cl)CC1. The van der Waals surface area contributed by atoms with Crippen molar-refractivity contribution in [3.8, 4) is 0 Å². The number of hydrogen-bond acceptors (Lipinski definition) is 2. The minimum atomic E-state index is -0.320. The van der Waals surface area contributed by atoms with Crippen molar-refractivity contribution in [3.05, 3.63) is 34.9 Å². The van der Waals surface area contributed by atoms with Crippen molar-refractivity contribution >= 4 is 17.6 Å². The fourth-order valence-electron chi connectivity index (χ4n) is 2.20. The van der Waals surface area contributed by atoms with Gasteiger partial charge in [-0.1, -0.05) is 29.8 Å². The van der Waals surface area contributed by atoms with E-state index in [1.54, 1.807) is 4.90 Å². The second-order valence-corrected chi connectivity index (χ2v) is 4.98. The van der Waals surface area contributed by atoms with Gasteiger partial charge in [0.05, 0.1) is 0 Å². The molecule has 5 heteroatoms. The van der Waals surface area contributed by atoms with E-state index < -0.39 is 0 Å². The predicted molar refractivity (Wildman–Crippen MR) is 72.5 cm³/mol. The summed E-state index contributed by atoms with van der Waals surface area (Å²) < 4.78 is 0. The molecule has 2 rings (SSSR count). The molecule has 1 aromatic rings. The fourth-order valence-corrected chi connectivity index (χ4v) is 2.40. The van der Waals surface area contributed by atoms with Gasteiger partial charge in [0, 0.05) is 30.7 Å². The standard InChI is InChI=1S/C13H18ClN3O/c14-12-4-2-1-3-10(12)9-16-11-5-7-17(8-6-11)13(15)18/h1-4,11,16H,5-9H2,(H2,15,18). The molecular formula is C13H18ClN3O. The first kappa shape index (κ1) is 13.2. The maximum atomic E-state index is 11.0. The molecule has 3 N–H and O–H groups in total. The van der Waals surface area contributed by atoms with E-state index in [1.807, 2.05) is 24.3 Å². The van der Waals surface area contributed by atoms with E-state index in [1.165, 1.54) is 0 Å². The number of rotatable bonds is 3. The summed E-state index contributed by atoms with van der Waals surface area (Å²) in [7, 11) is 0. The van der Waals surface area contributed by atoms with Crippen LogP contribution in [0.5, 0.6) is 0 Å². The lowest BCUT2D eigenvalue weighted by molar-refractivity contribution is 0.185. The summed E-state index contributed by atoms with van der Waals surface area (Å²) in [5, 5.41) is 4.27. The zero-order valence-electron chi connectivity index (χ0n) is 10.2. The van der Waals surface area contributed by atoms with Gasteiger partial charge in [-0.05, 0) is 24.5 Å². The van der Waals surface area contributed by atoms with Crippen LogP contribution in [0, 0.1) is 0 Å². The summed E-state index contributed by atoms with van der Waals surface area (Å²) in [4.78, 5) is 12.7. The monoisotopic (exact) mass is 267 g/mol. The van der Waals surface area contributed by atoms with Crippen molar-refractivity contribution in [1.29, 1.82) is 0 Å². The van der Waals surface area contributed by atoms with Gasteiger partial charge in [0.25, 0.3) is 0 Å². The zero-order valence-corrected chi connectivity index (χ0v) is 11.0. The molecule has 1 heterocycles. The molecule has 2 amide bonds. The first-order valence-electron chi connectivity index (χ1n) is 6.18. The highest BCUT2D eigenvalue weighted by molar-refractivity contribution is 6.31. The van der Waals surface area contributed by atoms with Gasteiger partial charge in [0.15, 0.2) is 0 Å². The highest BCUT2D eigenvalue weighted by atomic mass is 35.5. The molecule has 0 unspecified atom stereocenters. The summed E-state index contributed by atoms with van der Waals surface area (Å²) >= 11 is 6.10. The van der Waals surface area contributed by atoms with Gasteiger partial charge in [-0.25, -0.2) is 4.79 Å². The third kappa shape index (κ3) is 3.37. The summed E-state index contributed by atoms with van der Waals surface area (Å²) in [5.41, 5.74) is 6.35. The van der Waals surface area contributed by atoms with Crippen LogP contribution in [0.3, 0.4) is 0 Å². The van der Waals surface area contributed by atoms with Gasteiger partial charge in [-0.15, -0.1) is 0 Å². The van der Waals surface area contributed by atoms with Crippen LogP contribution in [0.15, 0.2) is 24.3 Å². The Morgan fingerprint density at radius 2 is 2.06 bits per heavy atom. The van der Waals surface area contributed by atoms with Crippen LogP contribution in [0.1, 0.15) is 18.4 Å². The Hall–Kier alpha value is -1.26. The molecule has 1 aliphatic heterocycles. The van der Waals surface area contributed by atoms with E-state index in [9.17, 15) is 4.79 Å². The van der Waals surface area contributed by atoms with Crippen LogP contribution >= 0.6 is 11.6 Å². The third-order valence-corrected chi connectivity index (χ3v) is 3.71. The first-order valence-corrected chi connectivity index (χ1v) is 6.56. The quantitative estimate of drug-likeness (QED) is 0.880. The lowest BCUT2D eigenvalue weighted by atomic mass is 10.0. The molecule has 0 radical (unpaired) electrons. The number of carbonyl (C=O) groups excluding carboxylic acids is 1. The van der Waals surface area contributed by atoms with E-state index in [0.29, 0.717) is 6.04 Å². The lowest BCUT2D eigenvalue weighted by Crippen LogP contribution is -2.46. The van der Waals surface area contributed by atoms with Gasteiger partial charge >= 0.3 is 6.03 Å². The number of nitrogens with one attached hydrogen (secondary N) is 1. The average Bonchev–Trinajstić information content (AvgIpc) is 2.38. The Morgan fingerprint density at radius 1 is 1.39 bits per heavy atom. The molecule has 0 spiro atoms. The molecular weight excluding hydrogens is 250 g/mol. The molecule has 0 aromatic heterocycles. The summed E-state index contributed by atoms with van der Waals surface area (Å²) in [5.74, 6) is 0. The average molecular weight is 268 g/mol. The van der Waals surface area contributed by atoms with Crippen LogP contribution < -0.4 is 11.1 Å². The number of nitrogens with zero attached hydrogens (tertiary/aromatic N) is 1. The van der Waals surface area contributed by atoms with Crippen molar-refractivity contribution in [1.82, 2.24) is 10.2 Å². The normalized spacial score (nSPS) is 16.8. The molecule has 0 saturated carbocycles. The van der Waals surface area contributed by atoms with Crippen LogP contribution in [-0.2, 0) is 6.54 Å². The second-order valence-electron chi connectivity index (χ2n) is 4.57. The summed E-state index contributed by atoms with van der Waals surface area (Å²) in [6.07, 6.45) is 1.88. The van der Waals surface area contributed by atoms with Gasteiger partial charge in [-0.2, -0.15) is 0 Å². The van der Waals surface area contributed by atoms with Crippen LogP contribution in [0.25, 0.3) is 0 Å². The topological polar surface area (TPSA) is 58.4 Å². The number of halogens is 1. The number of nitrogens with two attached hydrogens (primary N) is 1. The maximum Gasteiger partial charge on any atom is 0.314 e. The number of carbonyl (C=O) groups is 1. The Bertz CT molecular complexity index is 416. The minimum Gasteiger partial charge on any atom is -0.351 e. The fraction of sp³-hybridized carbons (Fsp3) is 0.462. The summed E-state index contributed by atoms with van der Waals surface area (Å²) in [6, 6.07) is 7.94. The largest absolute Gasteiger partial charge is 0.351 e. The number of urea groups is 1. The molecule has 1 aromatic carbocycles. The molecule has 0 bridgehead atoms. The van der Waals surface area contributed by atoms with E-state index in [0.717, 1.165) is 43.1 Å². The van der Waals surface area contributed by atoms with Gasteiger partial charge in [0.1, 0.15) is 0 Å². The van der Waals surface area contributed by atoms with E-state index >= 15 is 0 Å². The second kappa shape index (κ2) is 6.07. The molecule has 1 saturated heterocycles. The Balaban J connectivity index is 1.79. The summed E-state index contributed by atoms with van der Waals surface area (Å²) in [6.45, 7) is 2.23. The molecule has 4 nitrogen and oxygen atoms in total. The molecule has 0 aliphatic carbocycles. The highest BCUT2D eigenvalue weighted by Gasteiger charge is 2.20. The van der Waals surface area contributed by atoms with Crippen LogP contribution in [0.2, 0.25) is 5.02 Å². The van der Waals surface area contributed by atoms with Gasteiger partial charge in [0.2, 0.25) is 0 Å². The Labute approximate surface area is 112 Å². The number of hydrogen-bond donors (Lipinski definition) is 2. The highest BCUT2D eigenvalue weighted by Crippen LogP contribution is 2.16. The molecule has 0 atom stereocenters. The Morgan fingerprint density at radius 3 is 2.67 bits per heavy atom. The lowest BCUT2D eigenvalue weighted by Gasteiger charge is -2.31. The molecule has 1 aliphatic rings. The van der Waals surface area contributed by atoms with Gasteiger partial charge in [-0.3, -0.25) is 0 Å². The van der Waals surface area contributed by atoms with Crippen molar-refractivity contribution in [2.45, 2.75) is 25.4 Å². The molecule has 98 valence electrons. The predicted octanol–water partition coefficient (Wildman–Crippen LogP) is 1.97. The molecule has 18 heavy (non-hydrogen) atoms. The van der Waals surface area contributed by atoms with E-state index in [4.69, 9.17) is 17.3 Å². The van der Waals surface area contributed by atoms with E-state index in [2.05, 4.69) is 5.32 Å². The van der Waals surface area contributed by atoms with Crippen molar-refractivity contribution in [2.24, 2.45) is 5.73 Å². The third-order valence-electron chi connectivity index (χ3n) is 3.35. The number of primary amides is 1. The molecule has 1 fully saturated rings. The van der Waals surface area contributed by atoms with Crippen molar-refractivity contribution in [3.63, 3.8) is 0 Å². The maximum absolute atomic E-state index is 11.0. The van der Waals surface area contributed by atoms with Crippen molar-refractivity contribution in [2.75, 3.05) is 13.1 Å². The Kier molecular flexibility index (Phi) is 4.44. The number of benzene rings is 1. The van der Waals surface area contributed by atoms with Crippen LogP contribution in [0.4, 0.5) is 4.79 Å². The number of likely N-dealkylation sites (tertiary alicyclic amines) is 1. The first-order chi connectivity index (χ1) is 8.66. The van der Waals surface area contributed by atoms with Crippen LogP contribution in [-0.4, -0.2) is 30.1 Å². The zero-order chi connectivity index (χ0) is 13.0. The van der Waals surface area contributed by atoms with Crippen molar-refractivity contribution < 1.29 is 4.79 Å². The van der Waals surface area contributed by atoms with Gasteiger partial charge < -0.3 is 16.0 Å². The number of amides is 2. The van der Waals surface area contributed by atoms with E-state index in [-0.39, 0.29) is 6.03 Å².